The van der Waals surface area contributed by atoms with Crippen LogP contribution in [-0.2, 0) is 13.0 Å². The van der Waals surface area contributed by atoms with E-state index in [2.05, 4.69) is 46.3 Å². The number of hydrogen-bond acceptors (Lipinski definition) is 3. The zero-order valence-corrected chi connectivity index (χ0v) is 13.7. The molecule has 1 N–H and O–H groups in total. The average Bonchev–Trinajstić information content (AvgIpc) is 3.05. The van der Waals surface area contributed by atoms with E-state index < -0.39 is 0 Å². The van der Waals surface area contributed by atoms with Crippen LogP contribution in [0.25, 0.3) is 0 Å². The summed E-state index contributed by atoms with van der Waals surface area (Å²) in [4.78, 5) is 16.8. The molecule has 0 spiro atoms. The quantitative estimate of drug-likeness (QED) is 0.922. The summed E-state index contributed by atoms with van der Waals surface area (Å²) in [6, 6.07) is 12.4. The minimum Gasteiger partial charge on any atom is -0.335 e. The molecule has 0 saturated carbocycles. The molecule has 2 aromatic rings. The number of aromatic amines is 1. The Kier molecular flexibility index (Phi) is 5.08. The summed E-state index contributed by atoms with van der Waals surface area (Å²) in [7, 11) is 0. The van der Waals surface area contributed by atoms with Crippen molar-refractivity contribution in [1.82, 2.24) is 20.0 Å². The van der Waals surface area contributed by atoms with Crippen molar-refractivity contribution in [3.05, 3.63) is 53.3 Å². The van der Waals surface area contributed by atoms with E-state index in [0.717, 1.165) is 51.3 Å². The van der Waals surface area contributed by atoms with Gasteiger partial charge in [-0.3, -0.25) is 14.8 Å². The molecule has 0 aliphatic carbocycles. The third-order valence-corrected chi connectivity index (χ3v) is 4.28. The minimum absolute atomic E-state index is 0.0444. The second-order valence-electron chi connectivity index (χ2n) is 6.08. The molecule has 5 nitrogen and oxygen atoms in total. The molecule has 1 amide bonds. The van der Waals surface area contributed by atoms with Crippen LogP contribution in [0.4, 0.5) is 0 Å². The summed E-state index contributed by atoms with van der Waals surface area (Å²) in [5, 5.41) is 7.13. The summed E-state index contributed by atoms with van der Waals surface area (Å²) < 4.78 is 0. The second-order valence-corrected chi connectivity index (χ2v) is 6.08. The number of amides is 1. The number of aromatic nitrogens is 2. The van der Waals surface area contributed by atoms with Crippen LogP contribution >= 0.6 is 0 Å². The van der Waals surface area contributed by atoms with Gasteiger partial charge in [0.1, 0.15) is 5.69 Å². The first-order valence-electron chi connectivity index (χ1n) is 8.36. The number of piperazine rings is 1. The number of aryl methyl sites for hydroxylation is 1. The molecular weight excluding hydrogens is 288 g/mol. The van der Waals surface area contributed by atoms with Crippen LogP contribution in [0.15, 0.2) is 36.4 Å². The van der Waals surface area contributed by atoms with Gasteiger partial charge < -0.3 is 4.90 Å². The van der Waals surface area contributed by atoms with E-state index in [4.69, 9.17) is 0 Å². The maximum atomic E-state index is 12.5. The molecular formula is C18H24N4O. The standard InChI is InChI=1S/C18H24N4O/c1-2-6-16-13-17(20-19-16)18(23)22-11-9-21(10-12-22)14-15-7-4-3-5-8-15/h3-5,7-8,13H,2,6,9-12,14H2,1H3,(H,19,20). The third kappa shape index (κ3) is 3.99. The van der Waals surface area contributed by atoms with Crippen LogP contribution in [0.5, 0.6) is 0 Å². The number of carbonyl (C=O) groups is 1. The van der Waals surface area contributed by atoms with E-state index in [-0.39, 0.29) is 5.91 Å². The van der Waals surface area contributed by atoms with Gasteiger partial charge in [0.05, 0.1) is 0 Å². The SMILES string of the molecule is CCCc1cc(C(=O)N2CCN(Cc3ccccc3)CC2)n[nH]1. The summed E-state index contributed by atoms with van der Waals surface area (Å²) in [6.07, 6.45) is 1.99. The Hall–Kier alpha value is -2.14. The fraction of sp³-hybridized carbons (Fsp3) is 0.444. The highest BCUT2D eigenvalue weighted by molar-refractivity contribution is 5.92. The molecule has 1 aromatic heterocycles. The summed E-state index contributed by atoms with van der Waals surface area (Å²) in [6.45, 7) is 6.42. The van der Waals surface area contributed by atoms with Crippen LogP contribution in [0.1, 0.15) is 35.1 Å². The van der Waals surface area contributed by atoms with Gasteiger partial charge in [0.2, 0.25) is 0 Å². The number of H-pyrrole nitrogens is 1. The van der Waals surface area contributed by atoms with Gasteiger partial charge in [-0.2, -0.15) is 5.10 Å². The predicted octanol–water partition coefficient (Wildman–Crippen LogP) is 2.32. The first-order chi connectivity index (χ1) is 11.3. The van der Waals surface area contributed by atoms with E-state index in [9.17, 15) is 4.79 Å². The molecule has 23 heavy (non-hydrogen) atoms. The van der Waals surface area contributed by atoms with Gasteiger partial charge in [-0.15, -0.1) is 0 Å². The van der Waals surface area contributed by atoms with Crippen LogP contribution in [0.3, 0.4) is 0 Å². The van der Waals surface area contributed by atoms with Crippen molar-refractivity contribution >= 4 is 5.91 Å². The molecule has 3 rings (SSSR count). The Bertz CT molecular complexity index is 629. The van der Waals surface area contributed by atoms with E-state index >= 15 is 0 Å². The Labute approximate surface area is 137 Å². The number of carbonyl (C=O) groups excluding carboxylic acids is 1. The second kappa shape index (κ2) is 7.42. The summed E-state index contributed by atoms with van der Waals surface area (Å²) in [5.41, 5.74) is 2.91. The maximum absolute atomic E-state index is 12.5. The lowest BCUT2D eigenvalue weighted by atomic mass is 10.2. The number of rotatable bonds is 5. The molecule has 5 heteroatoms. The van der Waals surface area contributed by atoms with E-state index in [0.29, 0.717) is 5.69 Å². The fourth-order valence-corrected chi connectivity index (χ4v) is 2.98. The topological polar surface area (TPSA) is 52.2 Å². The Morgan fingerprint density at radius 2 is 1.91 bits per heavy atom. The van der Waals surface area contributed by atoms with E-state index in [1.807, 2.05) is 17.0 Å². The van der Waals surface area contributed by atoms with Crippen molar-refractivity contribution in [3.8, 4) is 0 Å². The molecule has 0 radical (unpaired) electrons. The third-order valence-electron chi connectivity index (χ3n) is 4.28. The molecule has 122 valence electrons. The van der Waals surface area contributed by atoms with Crippen molar-refractivity contribution in [2.24, 2.45) is 0 Å². The molecule has 1 aliphatic rings. The van der Waals surface area contributed by atoms with E-state index in [1.54, 1.807) is 0 Å². The lowest BCUT2D eigenvalue weighted by Gasteiger charge is -2.34. The molecule has 2 heterocycles. The van der Waals surface area contributed by atoms with Gasteiger partial charge >= 0.3 is 0 Å². The first kappa shape index (κ1) is 15.7. The lowest BCUT2D eigenvalue weighted by Crippen LogP contribution is -2.48. The Morgan fingerprint density at radius 1 is 1.17 bits per heavy atom. The molecule has 0 unspecified atom stereocenters. The highest BCUT2D eigenvalue weighted by atomic mass is 16.2. The van der Waals surface area contributed by atoms with Crippen molar-refractivity contribution < 1.29 is 4.79 Å². The van der Waals surface area contributed by atoms with Crippen molar-refractivity contribution in [2.45, 2.75) is 26.3 Å². The van der Waals surface area contributed by atoms with Crippen LogP contribution < -0.4 is 0 Å². The van der Waals surface area contributed by atoms with Crippen molar-refractivity contribution in [2.75, 3.05) is 26.2 Å². The van der Waals surface area contributed by atoms with Gasteiger partial charge in [-0.1, -0.05) is 43.7 Å². The van der Waals surface area contributed by atoms with Crippen molar-refractivity contribution in [3.63, 3.8) is 0 Å². The molecule has 1 aliphatic heterocycles. The minimum atomic E-state index is 0.0444. The lowest BCUT2D eigenvalue weighted by molar-refractivity contribution is 0.0622. The number of nitrogens with zero attached hydrogens (tertiary/aromatic N) is 3. The van der Waals surface area contributed by atoms with Crippen LogP contribution in [0, 0.1) is 0 Å². The van der Waals surface area contributed by atoms with Gasteiger partial charge in [0.25, 0.3) is 5.91 Å². The van der Waals surface area contributed by atoms with Gasteiger partial charge in [-0.25, -0.2) is 0 Å². The number of hydrogen-bond donors (Lipinski definition) is 1. The van der Waals surface area contributed by atoms with Gasteiger partial charge in [0.15, 0.2) is 0 Å². The maximum Gasteiger partial charge on any atom is 0.274 e. The highest BCUT2D eigenvalue weighted by Crippen LogP contribution is 2.11. The zero-order valence-electron chi connectivity index (χ0n) is 13.7. The smallest absolute Gasteiger partial charge is 0.274 e. The Balaban J connectivity index is 1.52. The van der Waals surface area contributed by atoms with Gasteiger partial charge in [-0.05, 0) is 18.1 Å². The van der Waals surface area contributed by atoms with Crippen LogP contribution in [0.2, 0.25) is 0 Å². The molecule has 1 aromatic carbocycles. The largest absolute Gasteiger partial charge is 0.335 e. The summed E-state index contributed by atoms with van der Waals surface area (Å²) >= 11 is 0. The van der Waals surface area contributed by atoms with Crippen LogP contribution in [-0.4, -0.2) is 52.1 Å². The zero-order chi connectivity index (χ0) is 16.1. The molecule has 0 bridgehead atoms. The van der Waals surface area contributed by atoms with Crippen molar-refractivity contribution in [1.29, 1.82) is 0 Å². The predicted molar refractivity (Wildman–Crippen MR) is 90.2 cm³/mol. The molecule has 1 saturated heterocycles. The van der Waals surface area contributed by atoms with E-state index in [1.165, 1.54) is 5.56 Å². The van der Waals surface area contributed by atoms with Gasteiger partial charge in [0, 0.05) is 38.4 Å². The molecule has 0 atom stereocenters. The fourth-order valence-electron chi connectivity index (χ4n) is 2.98. The monoisotopic (exact) mass is 312 g/mol. The number of nitrogens with one attached hydrogen (secondary N) is 1. The number of benzene rings is 1. The highest BCUT2D eigenvalue weighted by Gasteiger charge is 2.23. The normalized spacial score (nSPS) is 15.8. The molecule has 1 fully saturated rings. The average molecular weight is 312 g/mol. The first-order valence-corrected chi connectivity index (χ1v) is 8.36. The Morgan fingerprint density at radius 3 is 2.61 bits per heavy atom. The summed E-state index contributed by atoms with van der Waals surface area (Å²) in [5.74, 6) is 0.0444.